The van der Waals surface area contributed by atoms with Crippen molar-refractivity contribution in [2.45, 2.75) is 38.8 Å². The highest BCUT2D eigenvalue weighted by Crippen LogP contribution is 2.39. The van der Waals surface area contributed by atoms with Gasteiger partial charge >= 0.3 is 6.03 Å². The van der Waals surface area contributed by atoms with Crippen LogP contribution in [0.15, 0.2) is 54.9 Å². The van der Waals surface area contributed by atoms with Gasteiger partial charge in [-0.2, -0.15) is 9.78 Å². The van der Waals surface area contributed by atoms with Gasteiger partial charge in [0.25, 0.3) is 0 Å². The standard InChI is InChI=1S/C21H23N5O2/c1-14-8-10-22-19(12-14)26-18(9-11-23-26)25-20(27)24-16-13-21(2,3)28-17-7-5-4-6-15(16)17/h4-12,16H,13H2,1-3H3,(H2,24,25,27). The lowest BCUT2D eigenvalue weighted by Gasteiger charge is -2.37. The largest absolute Gasteiger partial charge is 0.487 e. The van der Waals surface area contributed by atoms with Crippen LogP contribution in [-0.2, 0) is 0 Å². The van der Waals surface area contributed by atoms with Gasteiger partial charge in [0.05, 0.1) is 12.2 Å². The van der Waals surface area contributed by atoms with Gasteiger partial charge in [0.15, 0.2) is 5.82 Å². The number of pyridine rings is 1. The van der Waals surface area contributed by atoms with Gasteiger partial charge in [-0.25, -0.2) is 9.78 Å². The summed E-state index contributed by atoms with van der Waals surface area (Å²) in [4.78, 5) is 17.1. The number of aryl methyl sites for hydroxylation is 1. The number of benzene rings is 1. The minimum Gasteiger partial charge on any atom is -0.487 e. The normalized spacial score (nSPS) is 17.3. The Balaban J connectivity index is 1.53. The van der Waals surface area contributed by atoms with Gasteiger partial charge in [-0.05, 0) is 44.5 Å². The number of carbonyl (C=O) groups excluding carboxylic acids is 1. The maximum atomic E-state index is 12.7. The summed E-state index contributed by atoms with van der Waals surface area (Å²) in [7, 11) is 0. The molecule has 1 aromatic carbocycles. The number of amides is 2. The number of nitrogens with zero attached hydrogens (tertiary/aromatic N) is 3. The zero-order valence-corrected chi connectivity index (χ0v) is 16.1. The van der Waals surface area contributed by atoms with E-state index in [1.165, 1.54) is 0 Å². The van der Waals surface area contributed by atoms with Crippen molar-refractivity contribution in [1.29, 1.82) is 0 Å². The monoisotopic (exact) mass is 377 g/mol. The average molecular weight is 377 g/mol. The highest BCUT2D eigenvalue weighted by Gasteiger charge is 2.34. The van der Waals surface area contributed by atoms with Gasteiger partial charge in [-0.1, -0.05) is 18.2 Å². The van der Waals surface area contributed by atoms with Crippen LogP contribution in [0.5, 0.6) is 5.75 Å². The number of carbonyl (C=O) groups is 1. The molecule has 1 aliphatic heterocycles. The van der Waals surface area contributed by atoms with E-state index in [4.69, 9.17) is 4.74 Å². The van der Waals surface area contributed by atoms with Crippen LogP contribution in [0, 0.1) is 6.92 Å². The smallest absolute Gasteiger partial charge is 0.320 e. The molecule has 0 radical (unpaired) electrons. The predicted molar refractivity (Wildman–Crippen MR) is 107 cm³/mol. The highest BCUT2D eigenvalue weighted by atomic mass is 16.5. The van der Waals surface area contributed by atoms with Gasteiger partial charge in [0, 0.05) is 24.2 Å². The molecule has 0 bridgehead atoms. The third kappa shape index (κ3) is 3.69. The fourth-order valence-corrected chi connectivity index (χ4v) is 3.46. The lowest BCUT2D eigenvalue weighted by Crippen LogP contribution is -2.42. The summed E-state index contributed by atoms with van der Waals surface area (Å²) in [6, 6.07) is 12.9. The summed E-state index contributed by atoms with van der Waals surface area (Å²) in [5, 5.41) is 10.2. The third-order valence-electron chi connectivity index (χ3n) is 4.68. The molecular weight excluding hydrogens is 354 g/mol. The molecule has 2 amide bonds. The molecule has 28 heavy (non-hydrogen) atoms. The van der Waals surface area contributed by atoms with Crippen LogP contribution in [0.4, 0.5) is 10.6 Å². The summed E-state index contributed by atoms with van der Waals surface area (Å²) in [6.45, 7) is 6.03. The maximum absolute atomic E-state index is 12.7. The summed E-state index contributed by atoms with van der Waals surface area (Å²) >= 11 is 0. The number of hydrogen-bond donors (Lipinski definition) is 2. The molecule has 2 aromatic heterocycles. The van der Waals surface area contributed by atoms with Crippen molar-refractivity contribution in [2.75, 3.05) is 5.32 Å². The molecule has 1 unspecified atom stereocenters. The highest BCUT2D eigenvalue weighted by molar-refractivity contribution is 5.89. The topological polar surface area (TPSA) is 81.1 Å². The minimum absolute atomic E-state index is 0.145. The molecule has 7 heteroatoms. The van der Waals surface area contributed by atoms with Gasteiger partial charge in [0.2, 0.25) is 0 Å². The molecule has 0 fully saturated rings. The van der Waals surface area contributed by atoms with Crippen molar-refractivity contribution < 1.29 is 9.53 Å². The molecule has 2 N–H and O–H groups in total. The number of para-hydroxylation sites is 1. The second kappa shape index (κ2) is 6.99. The molecule has 0 aliphatic carbocycles. The van der Waals surface area contributed by atoms with Crippen molar-refractivity contribution in [1.82, 2.24) is 20.1 Å². The molecule has 7 nitrogen and oxygen atoms in total. The van der Waals surface area contributed by atoms with Gasteiger partial charge in [-0.3, -0.25) is 5.32 Å². The van der Waals surface area contributed by atoms with E-state index in [1.807, 2.05) is 57.2 Å². The first-order valence-corrected chi connectivity index (χ1v) is 9.24. The number of anilines is 1. The van der Waals surface area contributed by atoms with E-state index < -0.39 is 0 Å². The molecule has 4 rings (SSSR count). The molecule has 0 spiro atoms. The van der Waals surface area contributed by atoms with Crippen LogP contribution >= 0.6 is 0 Å². The van der Waals surface area contributed by atoms with E-state index in [0.29, 0.717) is 18.1 Å². The van der Waals surface area contributed by atoms with E-state index in [-0.39, 0.29) is 17.7 Å². The number of aromatic nitrogens is 3. The minimum atomic E-state index is -0.362. The van der Waals surface area contributed by atoms with Gasteiger partial charge in [0.1, 0.15) is 17.2 Å². The molecule has 3 aromatic rings. The number of urea groups is 1. The first-order chi connectivity index (χ1) is 13.4. The lowest BCUT2D eigenvalue weighted by molar-refractivity contribution is 0.0683. The van der Waals surface area contributed by atoms with Crippen LogP contribution in [0.2, 0.25) is 0 Å². The molecule has 3 heterocycles. The number of rotatable bonds is 3. The molecular formula is C21H23N5O2. The number of nitrogens with one attached hydrogen (secondary N) is 2. The van der Waals surface area contributed by atoms with E-state index in [2.05, 4.69) is 20.7 Å². The van der Waals surface area contributed by atoms with E-state index >= 15 is 0 Å². The SMILES string of the molecule is Cc1ccnc(-n2nccc2NC(=O)NC2CC(C)(C)Oc3ccccc32)c1. The fourth-order valence-electron chi connectivity index (χ4n) is 3.46. The molecule has 1 aliphatic rings. The maximum Gasteiger partial charge on any atom is 0.320 e. The predicted octanol–water partition coefficient (Wildman–Crippen LogP) is 4.00. The molecule has 144 valence electrons. The molecule has 1 atom stereocenters. The van der Waals surface area contributed by atoms with E-state index in [0.717, 1.165) is 16.9 Å². The van der Waals surface area contributed by atoms with Crippen LogP contribution in [0.3, 0.4) is 0 Å². The van der Waals surface area contributed by atoms with Crippen molar-refractivity contribution in [2.24, 2.45) is 0 Å². The first-order valence-electron chi connectivity index (χ1n) is 9.24. The van der Waals surface area contributed by atoms with Crippen molar-refractivity contribution in [3.05, 3.63) is 66.0 Å². The van der Waals surface area contributed by atoms with Crippen LogP contribution in [-0.4, -0.2) is 26.4 Å². The Labute approximate surface area is 163 Å². The Hall–Kier alpha value is -3.35. The summed E-state index contributed by atoms with van der Waals surface area (Å²) in [5.74, 6) is 2.01. The summed E-state index contributed by atoms with van der Waals surface area (Å²) < 4.78 is 7.64. The third-order valence-corrected chi connectivity index (χ3v) is 4.68. The van der Waals surface area contributed by atoms with Crippen molar-refractivity contribution >= 4 is 11.8 Å². The quantitative estimate of drug-likeness (QED) is 0.723. The summed E-state index contributed by atoms with van der Waals surface area (Å²) in [6.07, 6.45) is 4.03. The van der Waals surface area contributed by atoms with Crippen molar-refractivity contribution in [3.63, 3.8) is 0 Å². The lowest BCUT2D eigenvalue weighted by atomic mass is 9.90. The van der Waals surface area contributed by atoms with Gasteiger partial charge in [-0.15, -0.1) is 0 Å². The summed E-state index contributed by atoms with van der Waals surface area (Å²) in [5.41, 5.74) is 1.68. The molecule has 0 saturated carbocycles. The Bertz CT molecular complexity index is 1010. The Morgan fingerprint density at radius 2 is 2.04 bits per heavy atom. The zero-order valence-electron chi connectivity index (χ0n) is 16.1. The Morgan fingerprint density at radius 3 is 2.86 bits per heavy atom. The average Bonchev–Trinajstić information content (AvgIpc) is 3.08. The zero-order chi connectivity index (χ0) is 19.7. The first kappa shape index (κ1) is 18.0. The fraction of sp³-hybridized carbons (Fsp3) is 0.286. The Morgan fingerprint density at radius 1 is 1.21 bits per heavy atom. The van der Waals surface area contributed by atoms with Crippen LogP contribution < -0.4 is 15.4 Å². The Kier molecular flexibility index (Phi) is 4.50. The second-order valence-electron chi connectivity index (χ2n) is 7.57. The second-order valence-corrected chi connectivity index (χ2v) is 7.57. The molecule has 0 saturated heterocycles. The van der Waals surface area contributed by atoms with E-state index in [1.54, 1.807) is 23.1 Å². The number of hydrogen-bond acceptors (Lipinski definition) is 4. The van der Waals surface area contributed by atoms with Crippen molar-refractivity contribution in [3.8, 4) is 11.6 Å². The van der Waals surface area contributed by atoms with Crippen LogP contribution in [0.1, 0.15) is 37.4 Å². The number of ether oxygens (including phenoxy) is 1. The van der Waals surface area contributed by atoms with Gasteiger partial charge < -0.3 is 10.1 Å². The van der Waals surface area contributed by atoms with Crippen LogP contribution in [0.25, 0.3) is 5.82 Å². The van der Waals surface area contributed by atoms with E-state index in [9.17, 15) is 4.79 Å². The number of fused-ring (bicyclic) bond motifs is 1.